The van der Waals surface area contributed by atoms with Crippen LogP contribution in [0.25, 0.3) is 0 Å². The number of sulfonamides is 1. The Morgan fingerprint density at radius 2 is 2.15 bits per heavy atom. The van der Waals surface area contributed by atoms with Crippen LogP contribution >= 0.6 is 15.9 Å². The molecule has 0 unspecified atom stereocenters. The quantitative estimate of drug-likeness (QED) is 0.919. The van der Waals surface area contributed by atoms with Crippen molar-refractivity contribution in [3.8, 4) is 5.75 Å². The number of benzene rings is 1. The maximum Gasteiger partial charge on any atom is 0.261 e. The number of halogens is 1. The predicted octanol–water partition coefficient (Wildman–Crippen LogP) is 2.58. The zero-order chi connectivity index (χ0) is 14.2. The molecule has 1 N–H and O–H groups in total. The number of nitrogens with one attached hydrogen (secondary N) is 1. The smallest absolute Gasteiger partial charge is 0.261 e. The molecule has 1 aromatic heterocycles. The Morgan fingerprint density at radius 1 is 1.30 bits per heavy atom. The van der Waals surface area contributed by atoms with Crippen LogP contribution in [0.3, 0.4) is 0 Å². The minimum absolute atomic E-state index is 0.227. The van der Waals surface area contributed by atoms with Gasteiger partial charge < -0.3 is 4.74 Å². The molecule has 1 aliphatic rings. The van der Waals surface area contributed by atoms with Crippen molar-refractivity contribution in [2.24, 2.45) is 0 Å². The van der Waals surface area contributed by atoms with E-state index in [1.807, 2.05) is 0 Å². The maximum atomic E-state index is 12.4. The van der Waals surface area contributed by atoms with E-state index in [1.54, 1.807) is 24.3 Å². The van der Waals surface area contributed by atoms with Gasteiger partial charge in [-0.2, -0.15) is 0 Å². The molecule has 20 heavy (non-hydrogen) atoms. The number of hydrogen-bond donors (Lipinski definition) is 1. The Morgan fingerprint density at radius 3 is 2.95 bits per heavy atom. The molecule has 0 aliphatic carbocycles. The first-order chi connectivity index (χ1) is 9.56. The summed E-state index contributed by atoms with van der Waals surface area (Å²) in [6.07, 6.45) is 3.80. The molecule has 0 atom stereocenters. The van der Waals surface area contributed by atoms with Crippen molar-refractivity contribution in [3.05, 3.63) is 46.7 Å². The number of rotatable bonds is 3. The summed E-state index contributed by atoms with van der Waals surface area (Å²) in [7, 11) is -3.62. The average Bonchev–Trinajstić information content (AvgIpc) is 2.88. The Hall–Kier alpha value is -1.60. The average molecular weight is 355 g/mol. The highest BCUT2D eigenvalue weighted by Crippen LogP contribution is 2.29. The van der Waals surface area contributed by atoms with Gasteiger partial charge in [0.1, 0.15) is 5.75 Å². The van der Waals surface area contributed by atoms with Crippen molar-refractivity contribution in [2.45, 2.75) is 11.3 Å². The Labute approximate surface area is 125 Å². The second-order valence-corrected chi connectivity index (χ2v) is 6.87. The number of nitrogens with zero attached hydrogens (tertiary/aromatic N) is 1. The van der Waals surface area contributed by atoms with Gasteiger partial charge >= 0.3 is 0 Å². The summed E-state index contributed by atoms with van der Waals surface area (Å²) in [5.41, 5.74) is 1.37. The molecule has 0 saturated heterocycles. The first kappa shape index (κ1) is 13.4. The van der Waals surface area contributed by atoms with Gasteiger partial charge in [-0.1, -0.05) is 0 Å². The van der Waals surface area contributed by atoms with Crippen molar-refractivity contribution >= 4 is 31.6 Å². The molecule has 0 spiro atoms. The number of aromatic nitrogens is 1. The van der Waals surface area contributed by atoms with Gasteiger partial charge in [0, 0.05) is 18.8 Å². The number of anilines is 1. The summed E-state index contributed by atoms with van der Waals surface area (Å²) in [6, 6.07) is 6.48. The Bertz CT molecular complexity index is 762. The van der Waals surface area contributed by atoms with Gasteiger partial charge in [0.15, 0.2) is 0 Å². The van der Waals surface area contributed by atoms with E-state index in [-0.39, 0.29) is 4.90 Å². The summed E-state index contributed by atoms with van der Waals surface area (Å²) in [5, 5.41) is 0. The van der Waals surface area contributed by atoms with Crippen molar-refractivity contribution in [1.82, 2.24) is 4.98 Å². The fourth-order valence-corrected chi connectivity index (χ4v) is 3.60. The van der Waals surface area contributed by atoms with Crippen molar-refractivity contribution in [2.75, 3.05) is 11.3 Å². The van der Waals surface area contributed by atoms with E-state index in [1.165, 1.54) is 12.4 Å². The van der Waals surface area contributed by atoms with Crippen molar-refractivity contribution in [1.29, 1.82) is 0 Å². The molecule has 1 aromatic carbocycles. The lowest BCUT2D eigenvalue weighted by atomic mass is 10.2. The summed E-state index contributed by atoms with van der Waals surface area (Å²) in [5.74, 6) is 0.758. The van der Waals surface area contributed by atoms with E-state index in [0.717, 1.165) is 17.7 Å². The van der Waals surface area contributed by atoms with Gasteiger partial charge in [-0.3, -0.25) is 9.71 Å². The first-order valence-electron chi connectivity index (χ1n) is 5.94. The van der Waals surface area contributed by atoms with Gasteiger partial charge in [0.25, 0.3) is 10.0 Å². The monoisotopic (exact) mass is 354 g/mol. The van der Waals surface area contributed by atoms with E-state index < -0.39 is 10.0 Å². The molecule has 0 amide bonds. The van der Waals surface area contributed by atoms with Crippen LogP contribution in [0.5, 0.6) is 5.75 Å². The molecule has 2 heterocycles. The third-order valence-electron chi connectivity index (χ3n) is 2.99. The summed E-state index contributed by atoms with van der Waals surface area (Å²) >= 11 is 3.26. The topological polar surface area (TPSA) is 68.3 Å². The highest BCUT2D eigenvalue weighted by molar-refractivity contribution is 9.10. The summed E-state index contributed by atoms with van der Waals surface area (Å²) < 4.78 is 33.2. The van der Waals surface area contributed by atoms with E-state index >= 15 is 0 Å². The molecule has 0 radical (unpaired) electrons. The van der Waals surface area contributed by atoms with Crippen LogP contribution in [0.4, 0.5) is 5.69 Å². The van der Waals surface area contributed by atoms with E-state index in [2.05, 4.69) is 25.6 Å². The van der Waals surface area contributed by atoms with Crippen LogP contribution in [-0.4, -0.2) is 20.0 Å². The molecule has 7 heteroatoms. The second-order valence-electron chi connectivity index (χ2n) is 4.33. The van der Waals surface area contributed by atoms with Gasteiger partial charge in [0.05, 0.1) is 21.7 Å². The number of hydrogen-bond acceptors (Lipinski definition) is 4. The zero-order valence-electron chi connectivity index (χ0n) is 10.3. The molecular weight excluding hydrogens is 344 g/mol. The summed E-state index contributed by atoms with van der Waals surface area (Å²) in [4.78, 5) is 4.12. The van der Waals surface area contributed by atoms with E-state index in [4.69, 9.17) is 4.74 Å². The number of fused-ring (bicyclic) bond motifs is 1. The molecule has 5 nitrogen and oxygen atoms in total. The fraction of sp³-hybridized carbons (Fsp3) is 0.154. The predicted molar refractivity (Wildman–Crippen MR) is 78.4 cm³/mol. The second kappa shape index (κ2) is 5.06. The lowest BCUT2D eigenvalue weighted by Gasteiger charge is -2.10. The van der Waals surface area contributed by atoms with Crippen LogP contribution in [0, 0.1) is 0 Å². The van der Waals surface area contributed by atoms with E-state index in [9.17, 15) is 8.42 Å². The lowest BCUT2D eigenvalue weighted by Crippen LogP contribution is -2.13. The van der Waals surface area contributed by atoms with Crippen LogP contribution in [0.2, 0.25) is 0 Å². The zero-order valence-corrected chi connectivity index (χ0v) is 12.7. The third-order valence-corrected chi connectivity index (χ3v) is 4.98. The van der Waals surface area contributed by atoms with Crippen LogP contribution in [0.1, 0.15) is 5.56 Å². The Balaban J connectivity index is 1.94. The molecule has 1 aliphatic heterocycles. The lowest BCUT2D eigenvalue weighted by molar-refractivity contribution is 0.356. The van der Waals surface area contributed by atoms with Crippen LogP contribution in [-0.2, 0) is 16.4 Å². The van der Waals surface area contributed by atoms with Gasteiger partial charge in [-0.15, -0.1) is 0 Å². The molecule has 0 fully saturated rings. The molecule has 0 saturated carbocycles. The van der Waals surface area contributed by atoms with Gasteiger partial charge in [0.2, 0.25) is 0 Å². The van der Waals surface area contributed by atoms with Crippen molar-refractivity contribution in [3.63, 3.8) is 0 Å². The maximum absolute atomic E-state index is 12.4. The minimum atomic E-state index is -3.62. The standard InChI is InChI=1S/C13H11BrN2O3S/c14-11-8-15-5-3-12(11)16-20(17,18)10-1-2-13-9(7-10)4-6-19-13/h1-3,5,7-8H,4,6H2,(H,15,16). The molecule has 2 aromatic rings. The Kier molecular flexibility index (Phi) is 3.39. The highest BCUT2D eigenvalue weighted by atomic mass is 79.9. The SMILES string of the molecule is O=S(=O)(Nc1ccncc1Br)c1ccc2c(c1)CCO2. The van der Waals surface area contributed by atoms with Crippen LogP contribution < -0.4 is 9.46 Å². The van der Waals surface area contributed by atoms with Crippen LogP contribution in [0.15, 0.2) is 46.0 Å². The van der Waals surface area contributed by atoms with Gasteiger partial charge in [-0.25, -0.2) is 8.42 Å². The largest absolute Gasteiger partial charge is 0.493 e. The number of ether oxygens (including phenoxy) is 1. The third kappa shape index (κ3) is 2.51. The molecule has 0 bridgehead atoms. The normalized spacial score (nSPS) is 13.7. The van der Waals surface area contributed by atoms with Crippen molar-refractivity contribution < 1.29 is 13.2 Å². The van der Waals surface area contributed by atoms with E-state index in [0.29, 0.717) is 16.8 Å². The molecular formula is C13H11BrN2O3S. The fourth-order valence-electron chi connectivity index (χ4n) is 1.99. The first-order valence-corrected chi connectivity index (χ1v) is 8.22. The highest BCUT2D eigenvalue weighted by Gasteiger charge is 2.20. The summed E-state index contributed by atoms with van der Waals surface area (Å²) in [6.45, 7) is 0.599. The number of pyridine rings is 1. The molecule has 104 valence electrons. The minimum Gasteiger partial charge on any atom is -0.493 e. The van der Waals surface area contributed by atoms with Gasteiger partial charge in [-0.05, 0) is 45.8 Å². The molecule has 3 rings (SSSR count).